The summed E-state index contributed by atoms with van der Waals surface area (Å²) in [7, 11) is 0. The van der Waals surface area contributed by atoms with Gasteiger partial charge in [-0.15, -0.1) is 0 Å². The Balaban J connectivity index is 2.86. The van der Waals surface area contributed by atoms with Crippen LogP contribution in [0, 0.1) is 11.3 Å². The molecule has 0 spiro atoms. The van der Waals surface area contributed by atoms with Crippen LogP contribution in [0.15, 0.2) is 6.20 Å². The largest absolute Gasteiger partial charge is 0.309 e. The van der Waals surface area contributed by atoms with Crippen LogP contribution in [0.2, 0.25) is 5.02 Å². The number of nitrogens with one attached hydrogen (secondary N) is 1. The van der Waals surface area contributed by atoms with Gasteiger partial charge in [0.05, 0.1) is 23.0 Å². The van der Waals surface area contributed by atoms with Gasteiger partial charge in [0, 0.05) is 6.54 Å². The summed E-state index contributed by atoms with van der Waals surface area (Å²) in [6.45, 7) is 15.3. The van der Waals surface area contributed by atoms with Gasteiger partial charge in [-0.2, -0.15) is 5.10 Å². The van der Waals surface area contributed by atoms with Gasteiger partial charge in [0.2, 0.25) is 0 Å². The maximum Gasteiger partial charge on any atom is 0.0834 e. The first-order valence-corrected chi connectivity index (χ1v) is 8.10. The average molecular weight is 300 g/mol. The lowest BCUT2D eigenvalue weighted by molar-refractivity contribution is 0.273. The first-order valence-electron chi connectivity index (χ1n) is 7.73. The van der Waals surface area contributed by atoms with Crippen LogP contribution >= 0.6 is 11.6 Å². The third-order valence-corrected chi connectivity index (χ3v) is 3.80. The van der Waals surface area contributed by atoms with Gasteiger partial charge in [0.1, 0.15) is 0 Å². The minimum absolute atomic E-state index is 0.285. The van der Waals surface area contributed by atoms with Crippen molar-refractivity contribution in [2.24, 2.45) is 11.3 Å². The van der Waals surface area contributed by atoms with Gasteiger partial charge < -0.3 is 5.32 Å². The Morgan fingerprint density at radius 2 is 2.00 bits per heavy atom. The highest BCUT2D eigenvalue weighted by molar-refractivity contribution is 6.31. The molecule has 116 valence electrons. The molecule has 4 heteroatoms. The minimum atomic E-state index is 0.285. The van der Waals surface area contributed by atoms with E-state index in [1.165, 1.54) is 6.42 Å². The highest BCUT2D eigenvalue weighted by Crippen LogP contribution is 2.32. The van der Waals surface area contributed by atoms with E-state index in [-0.39, 0.29) is 6.04 Å². The molecule has 1 aromatic rings. The van der Waals surface area contributed by atoms with Crippen LogP contribution in [-0.2, 0) is 6.54 Å². The third-order valence-electron chi connectivity index (χ3n) is 3.51. The van der Waals surface area contributed by atoms with Crippen LogP contribution in [0.5, 0.6) is 0 Å². The van der Waals surface area contributed by atoms with Crippen molar-refractivity contribution in [1.29, 1.82) is 0 Å². The van der Waals surface area contributed by atoms with E-state index in [0.29, 0.717) is 11.3 Å². The summed E-state index contributed by atoms with van der Waals surface area (Å²) in [4.78, 5) is 0. The van der Waals surface area contributed by atoms with Crippen molar-refractivity contribution in [3.8, 4) is 0 Å². The molecule has 0 aliphatic carbocycles. The van der Waals surface area contributed by atoms with Crippen molar-refractivity contribution in [3.63, 3.8) is 0 Å². The Labute approximate surface area is 129 Å². The molecule has 0 fully saturated rings. The van der Waals surface area contributed by atoms with Crippen molar-refractivity contribution < 1.29 is 0 Å². The molecule has 20 heavy (non-hydrogen) atoms. The van der Waals surface area contributed by atoms with Gasteiger partial charge in [-0.3, -0.25) is 4.68 Å². The molecule has 2 atom stereocenters. The topological polar surface area (TPSA) is 29.9 Å². The molecule has 0 aromatic carbocycles. The van der Waals surface area contributed by atoms with Crippen molar-refractivity contribution in [3.05, 3.63) is 16.9 Å². The Morgan fingerprint density at radius 1 is 1.35 bits per heavy atom. The summed E-state index contributed by atoms with van der Waals surface area (Å²) in [6, 6.07) is 0.285. The standard InChI is InChI=1S/C16H30ClN3/c1-7-18-14(9-12(3)10-16(4,5)6)15-13(17)11-19-20(15)8-2/h11-12,14,18H,7-10H2,1-6H3. The SMILES string of the molecule is CCNC(CC(C)CC(C)(C)C)c1c(Cl)cnn1CC. The van der Waals surface area contributed by atoms with Crippen LogP contribution < -0.4 is 5.32 Å². The highest BCUT2D eigenvalue weighted by Gasteiger charge is 2.23. The van der Waals surface area contributed by atoms with E-state index in [2.05, 4.69) is 52.0 Å². The van der Waals surface area contributed by atoms with Gasteiger partial charge in [-0.05, 0) is 37.6 Å². The molecule has 0 saturated carbocycles. The molecule has 0 aliphatic rings. The van der Waals surface area contributed by atoms with E-state index in [0.717, 1.165) is 30.2 Å². The Bertz CT molecular complexity index is 406. The van der Waals surface area contributed by atoms with Crippen LogP contribution in [0.4, 0.5) is 0 Å². The van der Waals surface area contributed by atoms with E-state index >= 15 is 0 Å². The summed E-state index contributed by atoms with van der Waals surface area (Å²) in [5.41, 5.74) is 1.50. The molecule has 0 radical (unpaired) electrons. The maximum absolute atomic E-state index is 6.35. The molecule has 1 N–H and O–H groups in total. The molecule has 0 amide bonds. The summed E-state index contributed by atoms with van der Waals surface area (Å²) >= 11 is 6.35. The number of hydrogen-bond acceptors (Lipinski definition) is 2. The second-order valence-electron chi connectivity index (χ2n) is 6.91. The summed E-state index contributed by atoms with van der Waals surface area (Å²) in [5.74, 6) is 0.648. The second-order valence-corrected chi connectivity index (χ2v) is 7.32. The highest BCUT2D eigenvalue weighted by atomic mass is 35.5. The van der Waals surface area contributed by atoms with Crippen molar-refractivity contribution in [1.82, 2.24) is 15.1 Å². The van der Waals surface area contributed by atoms with E-state index in [4.69, 9.17) is 11.6 Å². The summed E-state index contributed by atoms with van der Waals surface area (Å²) < 4.78 is 2.01. The molecule has 0 bridgehead atoms. The van der Waals surface area contributed by atoms with Crippen molar-refractivity contribution >= 4 is 11.6 Å². The number of nitrogens with zero attached hydrogens (tertiary/aromatic N) is 2. The maximum atomic E-state index is 6.35. The van der Waals surface area contributed by atoms with Crippen LogP contribution in [0.3, 0.4) is 0 Å². The minimum Gasteiger partial charge on any atom is -0.309 e. The van der Waals surface area contributed by atoms with Crippen LogP contribution in [-0.4, -0.2) is 16.3 Å². The second kappa shape index (κ2) is 7.46. The van der Waals surface area contributed by atoms with Gasteiger partial charge >= 0.3 is 0 Å². The Hall–Kier alpha value is -0.540. The van der Waals surface area contributed by atoms with Gasteiger partial charge in [0.15, 0.2) is 0 Å². The van der Waals surface area contributed by atoms with Gasteiger partial charge in [-0.1, -0.05) is 46.2 Å². The molecular formula is C16H30ClN3. The normalized spacial score (nSPS) is 15.3. The molecule has 1 aromatic heterocycles. The predicted octanol–water partition coefficient (Wildman–Crippen LogP) is 4.67. The predicted molar refractivity (Wildman–Crippen MR) is 87.2 cm³/mol. The zero-order chi connectivity index (χ0) is 15.3. The lowest BCUT2D eigenvalue weighted by Gasteiger charge is -2.27. The first kappa shape index (κ1) is 17.5. The van der Waals surface area contributed by atoms with E-state index in [9.17, 15) is 0 Å². The number of halogens is 1. The fourth-order valence-electron chi connectivity index (χ4n) is 3.04. The van der Waals surface area contributed by atoms with E-state index in [1.807, 2.05) is 4.68 Å². The van der Waals surface area contributed by atoms with Crippen LogP contribution in [0.1, 0.15) is 66.1 Å². The Morgan fingerprint density at radius 3 is 2.50 bits per heavy atom. The van der Waals surface area contributed by atoms with E-state index < -0.39 is 0 Å². The molecule has 0 aliphatic heterocycles. The summed E-state index contributed by atoms with van der Waals surface area (Å²) in [5, 5.41) is 8.71. The lowest BCUT2D eigenvalue weighted by atomic mass is 9.82. The zero-order valence-corrected chi connectivity index (χ0v) is 14.6. The molecule has 1 rings (SSSR count). The summed E-state index contributed by atoms with van der Waals surface area (Å²) in [6.07, 6.45) is 4.07. The Kier molecular flexibility index (Phi) is 6.53. The fraction of sp³-hybridized carbons (Fsp3) is 0.812. The van der Waals surface area contributed by atoms with Crippen LogP contribution in [0.25, 0.3) is 0 Å². The molecule has 2 unspecified atom stereocenters. The average Bonchev–Trinajstić information content (AvgIpc) is 2.67. The smallest absolute Gasteiger partial charge is 0.0834 e. The van der Waals surface area contributed by atoms with Gasteiger partial charge in [-0.25, -0.2) is 0 Å². The number of aromatic nitrogens is 2. The molecule has 0 saturated heterocycles. The molecule has 3 nitrogen and oxygen atoms in total. The third kappa shape index (κ3) is 5.10. The lowest BCUT2D eigenvalue weighted by Crippen LogP contribution is -2.27. The first-order chi connectivity index (χ1) is 9.28. The van der Waals surface area contributed by atoms with Crippen molar-refractivity contribution in [2.75, 3.05) is 6.54 Å². The van der Waals surface area contributed by atoms with E-state index in [1.54, 1.807) is 6.20 Å². The number of rotatable bonds is 7. The fourth-order valence-corrected chi connectivity index (χ4v) is 3.31. The molecule has 1 heterocycles. The number of hydrogen-bond donors (Lipinski definition) is 1. The zero-order valence-electron chi connectivity index (χ0n) is 13.8. The van der Waals surface area contributed by atoms with Gasteiger partial charge in [0.25, 0.3) is 0 Å². The quantitative estimate of drug-likeness (QED) is 0.793. The number of aryl methyl sites for hydroxylation is 1. The monoisotopic (exact) mass is 299 g/mol. The van der Waals surface area contributed by atoms with Crippen molar-refractivity contribution in [2.45, 2.75) is 67.0 Å². The molecular weight excluding hydrogens is 270 g/mol.